The van der Waals surface area contributed by atoms with E-state index in [-0.39, 0.29) is 0 Å². The lowest BCUT2D eigenvalue weighted by molar-refractivity contribution is 0.701. The standard InChI is InChI=1S/C14H17ClN2S/c1-9(2)5-4-6-10(3)12-7-11-13(15)16-8-17-14(11)18-12/h5,7-8,10H,4,6H2,1-3H3. The Hall–Kier alpha value is -0.930. The summed E-state index contributed by atoms with van der Waals surface area (Å²) in [4.78, 5) is 10.6. The Kier molecular flexibility index (Phi) is 4.36. The quantitative estimate of drug-likeness (QED) is 0.568. The summed E-state index contributed by atoms with van der Waals surface area (Å²) in [6, 6.07) is 2.13. The highest BCUT2D eigenvalue weighted by Gasteiger charge is 2.12. The molecule has 2 heterocycles. The van der Waals surface area contributed by atoms with Gasteiger partial charge in [-0.25, -0.2) is 9.97 Å². The molecule has 0 N–H and O–H groups in total. The van der Waals surface area contributed by atoms with Crippen molar-refractivity contribution < 1.29 is 0 Å². The van der Waals surface area contributed by atoms with Crippen molar-refractivity contribution in [2.75, 3.05) is 0 Å². The first-order chi connectivity index (χ1) is 8.58. The van der Waals surface area contributed by atoms with Gasteiger partial charge in [0.2, 0.25) is 0 Å². The van der Waals surface area contributed by atoms with Crippen molar-refractivity contribution in [2.24, 2.45) is 0 Å². The number of allylic oxidation sites excluding steroid dienone is 2. The lowest BCUT2D eigenvalue weighted by atomic mass is 10.0. The second kappa shape index (κ2) is 5.81. The van der Waals surface area contributed by atoms with E-state index in [1.165, 1.54) is 16.8 Å². The van der Waals surface area contributed by atoms with Gasteiger partial charge >= 0.3 is 0 Å². The van der Waals surface area contributed by atoms with Crippen LogP contribution in [-0.4, -0.2) is 9.97 Å². The molecule has 0 saturated carbocycles. The summed E-state index contributed by atoms with van der Waals surface area (Å²) >= 11 is 7.79. The molecule has 2 nitrogen and oxygen atoms in total. The van der Waals surface area contributed by atoms with E-state index in [9.17, 15) is 0 Å². The minimum absolute atomic E-state index is 0.538. The molecule has 96 valence electrons. The molecule has 1 unspecified atom stereocenters. The molecule has 1 atom stereocenters. The van der Waals surface area contributed by atoms with E-state index in [1.54, 1.807) is 11.3 Å². The molecule has 0 bridgehead atoms. The van der Waals surface area contributed by atoms with Crippen molar-refractivity contribution in [1.29, 1.82) is 0 Å². The van der Waals surface area contributed by atoms with Crippen LogP contribution >= 0.6 is 22.9 Å². The molecule has 0 saturated heterocycles. The number of hydrogen-bond acceptors (Lipinski definition) is 3. The summed E-state index contributed by atoms with van der Waals surface area (Å²) < 4.78 is 0. The second-order valence-electron chi connectivity index (χ2n) is 4.79. The van der Waals surface area contributed by atoms with Crippen LogP contribution < -0.4 is 0 Å². The van der Waals surface area contributed by atoms with E-state index in [0.29, 0.717) is 11.1 Å². The molecular formula is C14H17ClN2S. The lowest BCUT2D eigenvalue weighted by Gasteiger charge is -2.06. The predicted octanol–water partition coefficient (Wildman–Crippen LogP) is 5.19. The molecule has 2 rings (SSSR count). The molecule has 0 aromatic carbocycles. The van der Waals surface area contributed by atoms with Gasteiger partial charge in [-0.2, -0.15) is 0 Å². The van der Waals surface area contributed by atoms with Gasteiger partial charge in [-0.15, -0.1) is 11.3 Å². The van der Waals surface area contributed by atoms with Crippen LogP contribution in [0, 0.1) is 0 Å². The van der Waals surface area contributed by atoms with E-state index < -0.39 is 0 Å². The second-order valence-corrected chi connectivity index (χ2v) is 6.21. The summed E-state index contributed by atoms with van der Waals surface area (Å²) in [6.07, 6.45) is 6.09. The minimum Gasteiger partial charge on any atom is -0.225 e. The van der Waals surface area contributed by atoms with Crippen molar-refractivity contribution in [3.63, 3.8) is 0 Å². The van der Waals surface area contributed by atoms with Gasteiger partial charge in [0.05, 0.1) is 0 Å². The number of hydrogen-bond donors (Lipinski definition) is 0. The smallest absolute Gasteiger partial charge is 0.141 e. The Morgan fingerprint density at radius 3 is 2.89 bits per heavy atom. The molecule has 0 fully saturated rings. The average Bonchev–Trinajstić information content (AvgIpc) is 2.74. The van der Waals surface area contributed by atoms with Crippen LogP contribution in [0.15, 0.2) is 24.0 Å². The zero-order valence-corrected chi connectivity index (χ0v) is 12.5. The van der Waals surface area contributed by atoms with E-state index in [2.05, 4.69) is 42.9 Å². The predicted molar refractivity (Wildman–Crippen MR) is 79.5 cm³/mol. The normalized spacial score (nSPS) is 12.7. The fourth-order valence-electron chi connectivity index (χ4n) is 1.85. The van der Waals surface area contributed by atoms with E-state index in [4.69, 9.17) is 11.6 Å². The maximum absolute atomic E-state index is 6.07. The summed E-state index contributed by atoms with van der Waals surface area (Å²) in [7, 11) is 0. The first kappa shape index (κ1) is 13.5. The Morgan fingerprint density at radius 1 is 1.44 bits per heavy atom. The van der Waals surface area contributed by atoms with Gasteiger partial charge in [-0.05, 0) is 38.7 Å². The molecule has 2 aromatic heterocycles. The highest BCUT2D eigenvalue weighted by atomic mass is 35.5. The van der Waals surface area contributed by atoms with Gasteiger partial charge < -0.3 is 0 Å². The van der Waals surface area contributed by atoms with Gasteiger partial charge in [0, 0.05) is 10.3 Å². The molecular weight excluding hydrogens is 264 g/mol. The van der Waals surface area contributed by atoms with Crippen LogP contribution in [0.3, 0.4) is 0 Å². The fraction of sp³-hybridized carbons (Fsp3) is 0.429. The molecule has 0 aliphatic rings. The minimum atomic E-state index is 0.538. The van der Waals surface area contributed by atoms with E-state index in [0.717, 1.165) is 23.1 Å². The van der Waals surface area contributed by atoms with Crippen LogP contribution in [0.5, 0.6) is 0 Å². The van der Waals surface area contributed by atoms with Crippen LogP contribution in [0.2, 0.25) is 5.15 Å². The first-order valence-electron chi connectivity index (χ1n) is 6.11. The zero-order valence-electron chi connectivity index (χ0n) is 10.9. The number of halogens is 1. The fourth-order valence-corrected chi connectivity index (χ4v) is 3.18. The van der Waals surface area contributed by atoms with Crippen molar-refractivity contribution in [3.05, 3.63) is 34.1 Å². The Labute approximate surface area is 117 Å². The third-order valence-corrected chi connectivity index (χ3v) is 4.51. The van der Waals surface area contributed by atoms with Gasteiger partial charge in [0.25, 0.3) is 0 Å². The van der Waals surface area contributed by atoms with Gasteiger partial charge in [0.1, 0.15) is 16.3 Å². The van der Waals surface area contributed by atoms with Gasteiger partial charge in [-0.1, -0.05) is 30.2 Å². The zero-order chi connectivity index (χ0) is 13.1. The Bertz CT molecular complexity index is 570. The Morgan fingerprint density at radius 2 is 2.22 bits per heavy atom. The van der Waals surface area contributed by atoms with Crippen LogP contribution in [0.4, 0.5) is 0 Å². The van der Waals surface area contributed by atoms with Crippen molar-refractivity contribution in [2.45, 2.75) is 39.5 Å². The third kappa shape index (κ3) is 3.09. The average molecular weight is 281 g/mol. The van der Waals surface area contributed by atoms with Crippen molar-refractivity contribution >= 4 is 33.2 Å². The largest absolute Gasteiger partial charge is 0.225 e. The highest BCUT2D eigenvalue weighted by molar-refractivity contribution is 7.18. The summed E-state index contributed by atoms with van der Waals surface area (Å²) in [6.45, 7) is 6.53. The summed E-state index contributed by atoms with van der Waals surface area (Å²) in [5.74, 6) is 0.538. The van der Waals surface area contributed by atoms with Crippen molar-refractivity contribution in [1.82, 2.24) is 9.97 Å². The van der Waals surface area contributed by atoms with Crippen LogP contribution in [0.1, 0.15) is 44.4 Å². The van der Waals surface area contributed by atoms with E-state index in [1.807, 2.05) is 0 Å². The molecule has 0 spiro atoms. The Balaban J connectivity index is 2.15. The highest BCUT2D eigenvalue weighted by Crippen LogP contribution is 2.34. The first-order valence-corrected chi connectivity index (χ1v) is 7.30. The maximum atomic E-state index is 6.07. The van der Waals surface area contributed by atoms with Gasteiger partial charge in [-0.3, -0.25) is 0 Å². The molecule has 0 aliphatic carbocycles. The molecule has 0 aliphatic heterocycles. The monoisotopic (exact) mass is 280 g/mol. The summed E-state index contributed by atoms with van der Waals surface area (Å²) in [5, 5.41) is 1.53. The van der Waals surface area contributed by atoms with Gasteiger partial charge in [0.15, 0.2) is 0 Å². The van der Waals surface area contributed by atoms with Crippen LogP contribution in [0.25, 0.3) is 10.2 Å². The molecule has 0 amide bonds. The van der Waals surface area contributed by atoms with E-state index >= 15 is 0 Å². The topological polar surface area (TPSA) is 25.8 Å². The molecule has 4 heteroatoms. The number of fused-ring (bicyclic) bond motifs is 1. The maximum Gasteiger partial charge on any atom is 0.141 e. The number of aromatic nitrogens is 2. The summed E-state index contributed by atoms with van der Waals surface area (Å²) in [5.41, 5.74) is 1.38. The van der Waals surface area contributed by atoms with Crippen molar-refractivity contribution in [3.8, 4) is 0 Å². The number of thiophene rings is 1. The third-order valence-electron chi connectivity index (χ3n) is 2.94. The molecule has 0 radical (unpaired) electrons. The molecule has 18 heavy (non-hydrogen) atoms. The number of rotatable bonds is 4. The number of nitrogens with zero attached hydrogens (tertiary/aromatic N) is 2. The SMILES string of the molecule is CC(C)=CCCC(C)c1cc2c(Cl)ncnc2s1. The van der Waals surface area contributed by atoms with Crippen LogP contribution in [-0.2, 0) is 0 Å². The lowest BCUT2D eigenvalue weighted by Crippen LogP contribution is -1.88. The molecule has 2 aromatic rings.